The van der Waals surface area contributed by atoms with Gasteiger partial charge in [0.1, 0.15) is 0 Å². The van der Waals surface area contributed by atoms with Gasteiger partial charge in [-0.05, 0) is 47.7 Å². The molecule has 1 heterocycles. The molecule has 1 aromatic heterocycles. The van der Waals surface area contributed by atoms with Crippen LogP contribution in [0.2, 0.25) is 0 Å². The van der Waals surface area contributed by atoms with E-state index in [1.807, 2.05) is 11.7 Å². The fourth-order valence-electron chi connectivity index (χ4n) is 2.61. The fraction of sp³-hybridized carbons (Fsp3) is 0.471. The van der Waals surface area contributed by atoms with E-state index in [0.29, 0.717) is 0 Å². The minimum absolute atomic E-state index is 0.155. The molecule has 1 unspecified atom stereocenters. The van der Waals surface area contributed by atoms with Gasteiger partial charge >= 0.3 is 0 Å². The highest BCUT2D eigenvalue weighted by Crippen LogP contribution is 2.23. The molecule has 0 bridgehead atoms. The Morgan fingerprint density at radius 3 is 2.76 bits per heavy atom. The lowest BCUT2D eigenvalue weighted by Crippen LogP contribution is -2.25. The molecule has 0 aliphatic carbocycles. The van der Waals surface area contributed by atoms with E-state index in [4.69, 9.17) is 5.73 Å². The summed E-state index contributed by atoms with van der Waals surface area (Å²) in [4.78, 5) is 0. The molecule has 1 atom stereocenters. The molecule has 2 aromatic rings. The smallest absolute Gasteiger partial charge is 0.0766 e. The summed E-state index contributed by atoms with van der Waals surface area (Å²) in [7, 11) is 1.99. The number of aryl methyl sites for hydroxylation is 4. The van der Waals surface area contributed by atoms with Crippen LogP contribution in [0.3, 0.4) is 0 Å². The highest BCUT2D eigenvalue weighted by atomic mass is 79.9. The van der Waals surface area contributed by atoms with Crippen LogP contribution >= 0.6 is 15.9 Å². The number of halogens is 1. The van der Waals surface area contributed by atoms with Crippen molar-refractivity contribution in [2.45, 2.75) is 45.6 Å². The minimum atomic E-state index is 0.155. The van der Waals surface area contributed by atoms with Crippen molar-refractivity contribution in [3.05, 3.63) is 51.3 Å². The molecule has 0 amide bonds. The lowest BCUT2D eigenvalue weighted by molar-refractivity contribution is 0.576. The van der Waals surface area contributed by atoms with Crippen LogP contribution < -0.4 is 5.73 Å². The Morgan fingerprint density at radius 2 is 2.14 bits per heavy atom. The first-order valence-electron chi connectivity index (χ1n) is 7.52. The highest BCUT2D eigenvalue weighted by Gasteiger charge is 2.15. The van der Waals surface area contributed by atoms with Crippen LogP contribution in [0.4, 0.5) is 0 Å². The van der Waals surface area contributed by atoms with Crippen molar-refractivity contribution >= 4 is 15.9 Å². The van der Waals surface area contributed by atoms with E-state index < -0.39 is 0 Å². The third-order valence-corrected chi connectivity index (χ3v) is 4.76. The molecule has 0 aliphatic rings. The van der Waals surface area contributed by atoms with Crippen LogP contribution in [0.5, 0.6) is 0 Å². The van der Waals surface area contributed by atoms with Gasteiger partial charge in [0, 0.05) is 19.5 Å². The maximum atomic E-state index is 6.32. The van der Waals surface area contributed by atoms with Crippen molar-refractivity contribution in [1.29, 1.82) is 0 Å². The molecule has 0 saturated heterocycles. The molecule has 0 radical (unpaired) electrons. The topological polar surface area (TPSA) is 43.8 Å². The summed E-state index contributed by atoms with van der Waals surface area (Å²) in [5.41, 5.74) is 11.3. The van der Waals surface area contributed by atoms with Crippen molar-refractivity contribution in [2.24, 2.45) is 12.8 Å². The van der Waals surface area contributed by atoms with Crippen molar-refractivity contribution in [2.75, 3.05) is 0 Å². The largest absolute Gasteiger partial charge is 0.327 e. The molecule has 4 heteroatoms. The van der Waals surface area contributed by atoms with Gasteiger partial charge in [0.15, 0.2) is 0 Å². The van der Waals surface area contributed by atoms with Crippen molar-refractivity contribution in [3.63, 3.8) is 0 Å². The second-order valence-corrected chi connectivity index (χ2v) is 6.47. The third-order valence-electron chi connectivity index (χ3n) is 3.84. The lowest BCUT2D eigenvalue weighted by Gasteiger charge is -2.12. The van der Waals surface area contributed by atoms with Gasteiger partial charge in [-0.2, -0.15) is 5.10 Å². The summed E-state index contributed by atoms with van der Waals surface area (Å²) >= 11 is 3.66. The van der Waals surface area contributed by atoms with Gasteiger partial charge in [-0.1, -0.05) is 36.8 Å². The van der Waals surface area contributed by atoms with E-state index in [-0.39, 0.29) is 6.04 Å². The normalized spacial score (nSPS) is 12.6. The van der Waals surface area contributed by atoms with E-state index in [1.54, 1.807) is 0 Å². The first kappa shape index (κ1) is 16.2. The van der Waals surface area contributed by atoms with Gasteiger partial charge < -0.3 is 5.73 Å². The molecule has 0 aliphatic heterocycles. The maximum Gasteiger partial charge on any atom is 0.0766 e. The second kappa shape index (κ2) is 7.23. The predicted molar refractivity (Wildman–Crippen MR) is 91.5 cm³/mol. The summed E-state index contributed by atoms with van der Waals surface area (Å²) < 4.78 is 3.08. The summed E-state index contributed by atoms with van der Waals surface area (Å²) in [6.45, 7) is 4.25. The zero-order chi connectivity index (χ0) is 15.4. The molecule has 2 rings (SSSR count). The zero-order valence-electron chi connectivity index (χ0n) is 13.1. The third kappa shape index (κ3) is 4.17. The maximum absolute atomic E-state index is 6.32. The summed E-state index contributed by atoms with van der Waals surface area (Å²) in [5.74, 6) is 0. The second-order valence-electron chi connectivity index (χ2n) is 5.68. The lowest BCUT2D eigenvalue weighted by atomic mass is 10.0. The van der Waals surface area contributed by atoms with Crippen LogP contribution in [0.15, 0.2) is 28.7 Å². The highest BCUT2D eigenvalue weighted by molar-refractivity contribution is 9.10. The van der Waals surface area contributed by atoms with Gasteiger partial charge in [-0.15, -0.1) is 0 Å². The minimum Gasteiger partial charge on any atom is -0.327 e. The van der Waals surface area contributed by atoms with E-state index in [9.17, 15) is 0 Å². The van der Waals surface area contributed by atoms with Gasteiger partial charge in [-0.25, -0.2) is 0 Å². The van der Waals surface area contributed by atoms with Gasteiger partial charge in [0.05, 0.1) is 15.9 Å². The van der Waals surface area contributed by atoms with Crippen molar-refractivity contribution in [1.82, 2.24) is 9.78 Å². The Hall–Kier alpha value is -1.13. The molecule has 1 aromatic carbocycles. The van der Waals surface area contributed by atoms with Crippen LogP contribution in [0, 0.1) is 6.92 Å². The van der Waals surface area contributed by atoms with E-state index >= 15 is 0 Å². The predicted octanol–water partition coefficient (Wildman–Crippen LogP) is 3.56. The van der Waals surface area contributed by atoms with Gasteiger partial charge in [0.2, 0.25) is 0 Å². The number of benzene rings is 1. The van der Waals surface area contributed by atoms with Crippen LogP contribution in [-0.2, 0) is 26.3 Å². The summed E-state index contributed by atoms with van der Waals surface area (Å²) in [6, 6.07) is 8.81. The van der Waals surface area contributed by atoms with Gasteiger partial charge in [-0.3, -0.25) is 4.68 Å². The van der Waals surface area contributed by atoms with Crippen molar-refractivity contribution in [3.8, 4) is 0 Å². The first-order chi connectivity index (χ1) is 10.0. The monoisotopic (exact) mass is 349 g/mol. The quantitative estimate of drug-likeness (QED) is 0.866. The standard InChI is InChI=1S/C17H24BrN3/c1-4-15-17(18)16(21(3)20-15)11-14(19)9-8-13-7-5-6-12(2)10-13/h5-7,10,14H,4,8-9,11,19H2,1-3H3. The van der Waals surface area contributed by atoms with E-state index in [2.05, 4.69) is 59.1 Å². The van der Waals surface area contributed by atoms with Crippen LogP contribution in [0.25, 0.3) is 0 Å². The van der Waals surface area contributed by atoms with Crippen LogP contribution in [-0.4, -0.2) is 15.8 Å². The van der Waals surface area contributed by atoms with Crippen molar-refractivity contribution < 1.29 is 0 Å². The molecular weight excluding hydrogens is 326 g/mol. The van der Waals surface area contributed by atoms with Crippen LogP contribution in [0.1, 0.15) is 35.9 Å². The molecule has 0 fully saturated rings. The summed E-state index contributed by atoms with van der Waals surface area (Å²) in [6.07, 6.45) is 3.81. The Kier molecular flexibility index (Phi) is 5.59. The molecule has 0 saturated carbocycles. The Bertz CT molecular complexity index is 604. The Labute approximate surface area is 135 Å². The molecule has 3 nitrogen and oxygen atoms in total. The number of hydrogen-bond acceptors (Lipinski definition) is 2. The zero-order valence-corrected chi connectivity index (χ0v) is 14.7. The molecule has 114 valence electrons. The number of aromatic nitrogens is 2. The van der Waals surface area contributed by atoms with E-state index in [0.717, 1.165) is 35.8 Å². The number of hydrogen-bond donors (Lipinski definition) is 1. The Balaban J connectivity index is 1.96. The molecule has 2 N–H and O–H groups in total. The first-order valence-corrected chi connectivity index (χ1v) is 8.32. The number of nitrogens with zero attached hydrogens (tertiary/aromatic N) is 2. The Morgan fingerprint density at radius 1 is 1.38 bits per heavy atom. The SMILES string of the molecule is CCc1nn(C)c(CC(N)CCc2cccc(C)c2)c1Br. The fourth-order valence-corrected chi connectivity index (χ4v) is 3.39. The molecular formula is C17H24BrN3. The number of rotatable bonds is 6. The average molecular weight is 350 g/mol. The van der Waals surface area contributed by atoms with Gasteiger partial charge in [0.25, 0.3) is 0 Å². The average Bonchev–Trinajstić information content (AvgIpc) is 2.72. The molecule has 0 spiro atoms. The summed E-state index contributed by atoms with van der Waals surface area (Å²) in [5, 5.41) is 4.53. The molecule has 21 heavy (non-hydrogen) atoms. The van der Waals surface area contributed by atoms with E-state index in [1.165, 1.54) is 16.8 Å². The number of nitrogens with two attached hydrogens (primary N) is 1.